The Hall–Kier alpha value is -2.99. The number of hydrogen-bond donors (Lipinski definition) is 2. The van der Waals surface area contributed by atoms with Crippen LogP contribution in [0.3, 0.4) is 0 Å². The number of rotatable bonds is 7. The Kier molecular flexibility index (Phi) is 6.77. The quantitative estimate of drug-likeness (QED) is 0.585. The second kappa shape index (κ2) is 9.47. The molecular weight excluding hydrogens is 388 g/mol. The SMILES string of the molecule is Cc1nc2ccc(C(=O)NCCNC(=O)CCc3ccc(Cl)cc3)cc2nc1C. The summed E-state index contributed by atoms with van der Waals surface area (Å²) in [7, 11) is 0. The lowest BCUT2D eigenvalue weighted by Crippen LogP contribution is -2.34. The van der Waals surface area contributed by atoms with Gasteiger partial charge in [0.2, 0.25) is 5.91 Å². The molecule has 2 amide bonds. The molecule has 1 aromatic heterocycles. The van der Waals surface area contributed by atoms with E-state index in [9.17, 15) is 9.59 Å². The maximum Gasteiger partial charge on any atom is 0.251 e. The number of carbonyl (C=O) groups excluding carboxylic acids is 2. The average molecular weight is 411 g/mol. The van der Waals surface area contributed by atoms with Crippen molar-refractivity contribution in [3.05, 3.63) is 70.0 Å². The summed E-state index contributed by atoms with van der Waals surface area (Å²) >= 11 is 5.85. The number of carbonyl (C=O) groups is 2. The van der Waals surface area contributed by atoms with Gasteiger partial charge in [0.05, 0.1) is 22.4 Å². The van der Waals surface area contributed by atoms with Crippen molar-refractivity contribution in [2.75, 3.05) is 13.1 Å². The van der Waals surface area contributed by atoms with Gasteiger partial charge in [-0.05, 0) is 56.2 Å². The van der Waals surface area contributed by atoms with Crippen molar-refractivity contribution in [3.8, 4) is 0 Å². The van der Waals surface area contributed by atoms with Crippen LogP contribution in [0.25, 0.3) is 11.0 Å². The zero-order chi connectivity index (χ0) is 20.8. The van der Waals surface area contributed by atoms with Gasteiger partial charge in [-0.15, -0.1) is 0 Å². The molecule has 29 heavy (non-hydrogen) atoms. The summed E-state index contributed by atoms with van der Waals surface area (Å²) in [4.78, 5) is 33.2. The number of amides is 2. The zero-order valence-corrected chi connectivity index (χ0v) is 17.2. The Morgan fingerprint density at radius 2 is 1.55 bits per heavy atom. The van der Waals surface area contributed by atoms with Gasteiger partial charge in [0.25, 0.3) is 5.91 Å². The van der Waals surface area contributed by atoms with E-state index in [-0.39, 0.29) is 11.8 Å². The molecule has 3 rings (SSSR count). The standard InChI is InChI=1S/C22H23ClN4O2/c1-14-15(2)27-20-13-17(6-9-19(20)26-14)22(29)25-12-11-24-21(28)10-5-16-3-7-18(23)8-4-16/h3-4,6-9,13H,5,10-12H2,1-2H3,(H,24,28)(H,25,29). The van der Waals surface area contributed by atoms with Gasteiger partial charge < -0.3 is 10.6 Å². The van der Waals surface area contributed by atoms with E-state index in [1.807, 2.05) is 38.1 Å². The molecule has 0 atom stereocenters. The third kappa shape index (κ3) is 5.74. The lowest BCUT2D eigenvalue weighted by atomic mass is 10.1. The molecule has 0 spiro atoms. The molecule has 0 saturated heterocycles. The van der Waals surface area contributed by atoms with E-state index < -0.39 is 0 Å². The lowest BCUT2D eigenvalue weighted by molar-refractivity contribution is -0.121. The van der Waals surface area contributed by atoms with E-state index in [0.717, 1.165) is 22.5 Å². The van der Waals surface area contributed by atoms with Crippen LogP contribution in [0.5, 0.6) is 0 Å². The van der Waals surface area contributed by atoms with Crippen LogP contribution in [-0.4, -0.2) is 34.9 Å². The molecule has 0 saturated carbocycles. The van der Waals surface area contributed by atoms with Crippen molar-refractivity contribution in [2.24, 2.45) is 0 Å². The zero-order valence-electron chi connectivity index (χ0n) is 16.5. The molecule has 0 aliphatic rings. The molecule has 0 fully saturated rings. The average Bonchev–Trinajstić information content (AvgIpc) is 2.71. The van der Waals surface area contributed by atoms with Crippen molar-refractivity contribution in [1.29, 1.82) is 0 Å². The number of hydrogen-bond acceptors (Lipinski definition) is 4. The van der Waals surface area contributed by atoms with Crippen LogP contribution in [-0.2, 0) is 11.2 Å². The largest absolute Gasteiger partial charge is 0.354 e. The second-order valence-electron chi connectivity index (χ2n) is 6.83. The number of nitrogens with zero attached hydrogens (tertiary/aromatic N) is 2. The number of aromatic nitrogens is 2. The second-order valence-corrected chi connectivity index (χ2v) is 7.27. The minimum Gasteiger partial charge on any atom is -0.354 e. The lowest BCUT2D eigenvalue weighted by Gasteiger charge is -2.08. The van der Waals surface area contributed by atoms with Crippen LogP contribution in [0.1, 0.15) is 33.7 Å². The summed E-state index contributed by atoms with van der Waals surface area (Å²) in [6.07, 6.45) is 1.03. The molecule has 150 valence electrons. The Morgan fingerprint density at radius 1 is 0.897 bits per heavy atom. The first-order valence-electron chi connectivity index (χ1n) is 9.47. The first-order valence-corrected chi connectivity index (χ1v) is 9.84. The highest BCUT2D eigenvalue weighted by Crippen LogP contribution is 2.14. The van der Waals surface area contributed by atoms with Crippen molar-refractivity contribution >= 4 is 34.4 Å². The van der Waals surface area contributed by atoms with Crippen LogP contribution in [0, 0.1) is 13.8 Å². The molecule has 3 aromatic rings. The Labute approximate surface area is 174 Å². The van der Waals surface area contributed by atoms with Crippen LogP contribution in [0.4, 0.5) is 0 Å². The van der Waals surface area contributed by atoms with Crippen molar-refractivity contribution < 1.29 is 9.59 Å². The number of aryl methyl sites for hydroxylation is 3. The molecule has 2 aromatic carbocycles. The molecule has 0 radical (unpaired) electrons. The molecule has 1 heterocycles. The number of benzene rings is 2. The van der Waals surface area contributed by atoms with Crippen LogP contribution >= 0.6 is 11.6 Å². The maximum atomic E-state index is 12.3. The van der Waals surface area contributed by atoms with Gasteiger partial charge in [0.15, 0.2) is 0 Å². The predicted octanol–water partition coefficient (Wildman–Crippen LogP) is 3.38. The van der Waals surface area contributed by atoms with E-state index in [0.29, 0.717) is 42.0 Å². The van der Waals surface area contributed by atoms with E-state index in [2.05, 4.69) is 20.6 Å². The van der Waals surface area contributed by atoms with Gasteiger partial charge in [0.1, 0.15) is 0 Å². The minimum absolute atomic E-state index is 0.0546. The summed E-state index contributed by atoms with van der Waals surface area (Å²) in [6, 6.07) is 12.7. The minimum atomic E-state index is -0.206. The molecule has 0 unspecified atom stereocenters. The molecule has 2 N–H and O–H groups in total. The predicted molar refractivity (Wildman–Crippen MR) is 114 cm³/mol. The molecule has 6 nitrogen and oxygen atoms in total. The van der Waals surface area contributed by atoms with Gasteiger partial charge in [-0.1, -0.05) is 23.7 Å². The molecular formula is C22H23ClN4O2. The fourth-order valence-corrected chi connectivity index (χ4v) is 2.98. The van der Waals surface area contributed by atoms with Gasteiger partial charge >= 0.3 is 0 Å². The number of fused-ring (bicyclic) bond motifs is 1. The summed E-state index contributed by atoms with van der Waals surface area (Å²) in [5.74, 6) is -0.261. The van der Waals surface area contributed by atoms with Crippen molar-refractivity contribution in [2.45, 2.75) is 26.7 Å². The van der Waals surface area contributed by atoms with Gasteiger partial charge in [-0.25, -0.2) is 9.97 Å². The molecule has 0 aliphatic carbocycles. The van der Waals surface area contributed by atoms with Gasteiger partial charge in [0, 0.05) is 30.1 Å². The fourth-order valence-electron chi connectivity index (χ4n) is 2.85. The Morgan fingerprint density at radius 3 is 2.28 bits per heavy atom. The first kappa shape index (κ1) is 20.7. The molecule has 0 aliphatic heterocycles. The van der Waals surface area contributed by atoms with Crippen molar-refractivity contribution in [3.63, 3.8) is 0 Å². The molecule has 0 bridgehead atoms. The number of nitrogens with one attached hydrogen (secondary N) is 2. The summed E-state index contributed by atoms with van der Waals surface area (Å²) in [6.45, 7) is 4.52. The number of halogens is 1. The third-order valence-electron chi connectivity index (χ3n) is 4.62. The van der Waals surface area contributed by atoms with Crippen LogP contribution in [0.15, 0.2) is 42.5 Å². The van der Waals surface area contributed by atoms with E-state index >= 15 is 0 Å². The summed E-state index contributed by atoms with van der Waals surface area (Å²) in [5.41, 5.74) is 4.75. The topological polar surface area (TPSA) is 84.0 Å². The third-order valence-corrected chi connectivity index (χ3v) is 4.88. The van der Waals surface area contributed by atoms with E-state index in [1.165, 1.54) is 0 Å². The Bertz CT molecular complexity index is 1030. The highest BCUT2D eigenvalue weighted by Gasteiger charge is 2.09. The van der Waals surface area contributed by atoms with Crippen molar-refractivity contribution in [1.82, 2.24) is 20.6 Å². The Balaban J connectivity index is 1.43. The maximum absolute atomic E-state index is 12.3. The highest BCUT2D eigenvalue weighted by molar-refractivity contribution is 6.30. The summed E-state index contributed by atoms with van der Waals surface area (Å²) < 4.78 is 0. The van der Waals surface area contributed by atoms with Gasteiger partial charge in [-0.3, -0.25) is 9.59 Å². The van der Waals surface area contributed by atoms with Crippen LogP contribution < -0.4 is 10.6 Å². The fraction of sp³-hybridized carbons (Fsp3) is 0.273. The normalized spacial score (nSPS) is 10.7. The highest BCUT2D eigenvalue weighted by atomic mass is 35.5. The first-order chi connectivity index (χ1) is 13.9. The monoisotopic (exact) mass is 410 g/mol. The van der Waals surface area contributed by atoms with E-state index in [1.54, 1.807) is 18.2 Å². The van der Waals surface area contributed by atoms with Gasteiger partial charge in [-0.2, -0.15) is 0 Å². The van der Waals surface area contributed by atoms with Crippen LogP contribution in [0.2, 0.25) is 5.02 Å². The molecule has 7 heteroatoms. The van der Waals surface area contributed by atoms with E-state index in [4.69, 9.17) is 11.6 Å². The smallest absolute Gasteiger partial charge is 0.251 e. The summed E-state index contributed by atoms with van der Waals surface area (Å²) in [5, 5.41) is 6.30.